The highest BCUT2D eigenvalue weighted by atomic mass is 32.2. The first-order chi connectivity index (χ1) is 8.09. The van der Waals surface area contributed by atoms with Crippen LogP contribution in [0.2, 0.25) is 0 Å². The van der Waals surface area contributed by atoms with Crippen LogP contribution in [0.4, 0.5) is 4.79 Å². The summed E-state index contributed by atoms with van der Waals surface area (Å²) in [7, 11) is 0. The molecule has 0 bridgehead atoms. The number of carboxylic acid groups (broad SMARTS) is 1. The van der Waals surface area contributed by atoms with E-state index in [0.717, 1.165) is 22.9 Å². The average Bonchev–Trinajstić information content (AvgIpc) is 2.61. The summed E-state index contributed by atoms with van der Waals surface area (Å²) in [5.41, 5.74) is 0.0432. The van der Waals surface area contributed by atoms with Gasteiger partial charge >= 0.3 is 5.97 Å². The van der Waals surface area contributed by atoms with E-state index >= 15 is 0 Å². The molecule has 7 nitrogen and oxygen atoms in total. The summed E-state index contributed by atoms with van der Waals surface area (Å²) >= 11 is 0.894. The third kappa shape index (κ3) is 2.26. The first-order valence-corrected chi connectivity index (χ1v) is 5.57. The zero-order valence-electron chi connectivity index (χ0n) is 8.49. The molecule has 88 valence electrons. The summed E-state index contributed by atoms with van der Waals surface area (Å²) < 4.78 is 0. The molecule has 1 aromatic heterocycles. The van der Waals surface area contributed by atoms with E-state index in [9.17, 15) is 14.4 Å². The highest BCUT2D eigenvalue weighted by Gasteiger charge is 2.31. The Morgan fingerprint density at radius 3 is 2.88 bits per heavy atom. The number of hydrogen-bond acceptors (Lipinski definition) is 6. The van der Waals surface area contributed by atoms with Gasteiger partial charge in [0.15, 0.2) is 0 Å². The second-order valence-electron chi connectivity index (χ2n) is 3.22. The van der Waals surface area contributed by atoms with Crippen molar-refractivity contribution in [3.63, 3.8) is 0 Å². The van der Waals surface area contributed by atoms with Gasteiger partial charge in [-0.05, 0) is 0 Å². The van der Waals surface area contributed by atoms with Crippen LogP contribution in [0.5, 0.6) is 0 Å². The molecule has 2 rings (SSSR count). The van der Waals surface area contributed by atoms with Crippen molar-refractivity contribution in [2.75, 3.05) is 5.75 Å². The predicted molar refractivity (Wildman–Crippen MR) is 57.4 cm³/mol. The maximum absolute atomic E-state index is 11.4. The molecule has 1 saturated heterocycles. The summed E-state index contributed by atoms with van der Waals surface area (Å²) in [5, 5.41) is 8.51. The topological polar surface area (TPSA) is 100 Å². The highest BCUT2D eigenvalue weighted by Crippen LogP contribution is 2.21. The number of imide groups is 1. The third-order valence-electron chi connectivity index (χ3n) is 2.17. The van der Waals surface area contributed by atoms with E-state index in [1.54, 1.807) is 0 Å². The van der Waals surface area contributed by atoms with Crippen LogP contribution in [-0.4, -0.2) is 42.8 Å². The van der Waals surface area contributed by atoms with Gasteiger partial charge < -0.3 is 5.11 Å². The van der Waals surface area contributed by atoms with Gasteiger partial charge in [0, 0.05) is 6.20 Å². The Hall–Kier alpha value is -1.96. The van der Waals surface area contributed by atoms with E-state index in [1.165, 1.54) is 6.33 Å². The molecule has 1 fully saturated rings. The van der Waals surface area contributed by atoms with Crippen LogP contribution in [-0.2, 0) is 11.3 Å². The molecule has 17 heavy (non-hydrogen) atoms. The van der Waals surface area contributed by atoms with E-state index in [2.05, 4.69) is 9.97 Å². The minimum Gasteiger partial charge on any atom is -0.478 e. The van der Waals surface area contributed by atoms with E-state index in [4.69, 9.17) is 5.11 Å². The molecule has 2 amide bonds. The second kappa shape index (κ2) is 4.50. The van der Waals surface area contributed by atoms with Crippen molar-refractivity contribution in [1.29, 1.82) is 0 Å². The number of aromatic nitrogens is 2. The lowest BCUT2D eigenvalue weighted by Crippen LogP contribution is -2.29. The Bertz CT molecular complexity index is 489. The van der Waals surface area contributed by atoms with Crippen molar-refractivity contribution in [2.24, 2.45) is 0 Å². The number of amides is 2. The average molecular weight is 253 g/mol. The van der Waals surface area contributed by atoms with Gasteiger partial charge in [0.05, 0.1) is 18.0 Å². The van der Waals surface area contributed by atoms with Gasteiger partial charge in [0.2, 0.25) is 5.91 Å². The van der Waals surface area contributed by atoms with Crippen molar-refractivity contribution in [1.82, 2.24) is 14.9 Å². The number of hydrogen-bond donors (Lipinski definition) is 1. The molecule has 1 aliphatic heterocycles. The molecule has 0 unspecified atom stereocenters. The lowest BCUT2D eigenvalue weighted by atomic mass is 10.2. The van der Waals surface area contributed by atoms with Crippen molar-refractivity contribution >= 4 is 28.9 Å². The summed E-state index contributed by atoms with van der Waals surface area (Å²) in [6.45, 7) is -0.130. The van der Waals surface area contributed by atoms with Crippen molar-refractivity contribution in [3.8, 4) is 0 Å². The fourth-order valence-corrected chi connectivity index (χ4v) is 2.07. The van der Waals surface area contributed by atoms with Gasteiger partial charge in [0.25, 0.3) is 5.24 Å². The highest BCUT2D eigenvalue weighted by molar-refractivity contribution is 8.14. The van der Waals surface area contributed by atoms with Gasteiger partial charge in [-0.2, -0.15) is 0 Å². The van der Waals surface area contributed by atoms with Crippen LogP contribution in [0, 0.1) is 0 Å². The largest absolute Gasteiger partial charge is 0.478 e. The van der Waals surface area contributed by atoms with E-state index < -0.39 is 5.97 Å². The maximum Gasteiger partial charge on any atom is 0.339 e. The second-order valence-corrected chi connectivity index (χ2v) is 4.15. The number of carbonyl (C=O) groups is 3. The van der Waals surface area contributed by atoms with E-state index in [0.29, 0.717) is 0 Å². The number of carbonyl (C=O) groups excluding carboxylic acids is 2. The third-order valence-corrected chi connectivity index (χ3v) is 3.03. The normalized spacial score (nSPS) is 15.4. The lowest BCUT2D eigenvalue weighted by molar-refractivity contribution is -0.125. The quantitative estimate of drug-likeness (QED) is 0.830. The number of rotatable bonds is 3. The Morgan fingerprint density at radius 2 is 2.29 bits per heavy atom. The minimum absolute atomic E-state index is 0.0896. The fraction of sp³-hybridized carbons (Fsp3) is 0.222. The van der Waals surface area contributed by atoms with Crippen LogP contribution in [0.15, 0.2) is 12.5 Å². The fourth-order valence-electron chi connectivity index (χ4n) is 1.34. The molecule has 1 aliphatic rings. The number of thioether (sulfide) groups is 1. The van der Waals surface area contributed by atoms with Crippen molar-refractivity contribution in [3.05, 3.63) is 23.8 Å². The number of carboxylic acids is 1. The number of aromatic carboxylic acids is 1. The standard InChI is InChI=1S/C9H7N3O4S/c13-7-3-17-9(16)12(7)2-6-5(8(14)15)1-10-4-11-6/h1,4H,2-3H2,(H,14,15). The molecule has 1 aromatic rings. The Morgan fingerprint density at radius 1 is 1.53 bits per heavy atom. The summed E-state index contributed by atoms with van der Waals surface area (Å²) in [5.74, 6) is -1.44. The first kappa shape index (κ1) is 11.5. The molecule has 2 heterocycles. The Kier molecular flexibility index (Phi) is 3.05. The first-order valence-electron chi connectivity index (χ1n) is 4.59. The predicted octanol–water partition coefficient (Wildman–Crippen LogP) is 0.370. The van der Waals surface area contributed by atoms with Crippen LogP contribution >= 0.6 is 11.8 Å². The lowest BCUT2D eigenvalue weighted by Gasteiger charge is -2.12. The SMILES string of the molecule is O=C(O)c1cncnc1CN1C(=O)CSC1=O. The van der Waals surface area contributed by atoms with E-state index in [-0.39, 0.29) is 34.7 Å². The van der Waals surface area contributed by atoms with Crippen molar-refractivity contribution in [2.45, 2.75) is 6.54 Å². The van der Waals surface area contributed by atoms with Gasteiger partial charge in [-0.25, -0.2) is 14.8 Å². The molecule has 0 aliphatic carbocycles. The minimum atomic E-state index is -1.19. The summed E-state index contributed by atoms with van der Waals surface area (Å²) in [6.07, 6.45) is 2.32. The summed E-state index contributed by atoms with van der Waals surface area (Å²) in [6, 6.07) is 0. The van der Waals surface area contributed by atoms with Gasteiger partial charge in [-0.1, -0.05) is 11.8 Å². The Labute approximate surface area is 99.9 Å². The van der Waals surface area contributed by atoms with Crippen LogP contribution in [0.3, 0.4) is 0 Å². The number of nitrogens with zero attached hydrogens (tertiary/aromatic N) is 3. The maximum atomic E-state index is 11.4. The van der Waals surface area contributed by atoms with Gasteiger partial charge in [0.1, 0.15) is 11.9 Å². The smallest absolute Gasteiger partial charge is 0.339 e. The molecule has 0 atom stereocenters. The molecule has 8 heteroatoms. The zero-order chi connectivity index (χ0) is 12.4. The molecule has 0 radical (unpaired) electrons. The monoisotopic (exact) mass is 253 g/mol. The Balaban J connectivity index is 2.27. The molecule has 1 N–H and O–H groups in total. The van der Waals surface area contributed by atoms with Crippen LogP contribution in [0.1, 0.15) is 16.1 Å². The van der Waals surface area contributed by atoms with E-state index in [1.807, 2.05) is 0 Å². The molecular formula is C9H7N3O4S. The van der Waals surface area contributed by atoms with Gasteiger partial charge in [-0.15, -0.1) is 0 Å². The van der Waals surface area contributed by atoms with Crippen LogP contribution in [0.25, 0.3) is 0 Å². The zero-order valence-corrected chi connectivity index (χ0v) is 9.31. The van der Waals surface area contributed by atoms with Crippen LogP contribution < -0.4 is 0 Å². The molecule has 0 aromatic carbocycles. The summed E-state index contributed by atoms with van der Waals surface area (Å²) in [4.78, 5) is 42.0. The molecular weight excluding hydrogens is 246 g/mol. The van der Waals surface area contributed by atoms with Gasteiger partial charge in [-0.3, -0.25) is 14.5 Å². The molecule has 0 saturated carbocycles. The molecule has 0 spiro atoms. The van der Waals surface area contributed by atoms with Crippen molar-refractivity contribution < 1.29 is 19.5 Å².